The normalized spacial score (nSPS) is 10.4. The van der Waals surface area contributed by atoms with E-state index in [1.807, 2.05) is 0 Å². The van der Waals surface area contributed by atoms with Gasteiger partial charge in [0.05, 0.1) is 12.1 Å². The molecule has 0 radical (unpaired) electrons. The number of nitrogens with two attached hydrogens (primary N) is 1. The van der Waals surface area contributed by atoms with Gasteiger partial charge in [-0.25, -0.2) is 4.39 Å². The Morgan fingerprint density at radius 2 is 2.25 bits per heavy atom. The average molecular weight is 243 g/mol. The standard InChI is InChI=1S/C10H8ClFN2O2/c1-15-10-5(2-3-6(11)9(10)12)7-4-8(13)16-14-7/h2-4H,13H2,1H3. The van der Waals surface area contributed by atoms with E-state index in [1.165, 1.54) is 19.2 Å². The SMILES string of the molecule is COc1c(-c2cc(N)on2)ccc(Cl)c1F. The van der Waals surface area contributed by atoms with Crippen molar-refractivity contribution in [1.29, 1.82) is 0 Å². The van der Waals surface area contributed by atoms with Crippen molar-refractivity contribution in [3.63, 3.8) is 0 Å². The van der Waals surface area contributed by atoms with Crippen molar-refractivity contribution >= 4 is 17.5 Å². The minimum Gasteiger partial charge on any atom is -0.493 e. The zero-order valence-electron chi connectivity index (χ0n) is 8.33. The largest absolute Gasteiger partial charge is 0.493 e. The topological polar surface area (TPSA) is 61.3 Å². The quantitative estimate of drug-likeness (QED) is 0.880. The van der Waals surface area contributed by atoms with E-state index in [2.05, 4.69) is 5.16 Å². The van der Waals surface area contributed by atoms with Gasteiger partial charge in [-0.2, -0.15) is 0 Å². The van der Waals surface area contributed by atoms with Gasteiger partial charge in [0, 0.05) is 11.6 Å². The van der Waals surface area contributed by atoms with Crippen molar-refractivity contribution in [2.24, 2.45) is 0 Å². The zero-order chi connectivity index (χ0) is 11.7. The molecule has 0 amide bonds. The molecule has 1 heterocycles. The minimum absolute atomic E-state index is 0.0146. The van der Waals surface area contributed by atoms with Gasteiger partial charge >= 0.3 is 0 Å². The van der Waals surface area contributed by atoms with Crippen LogP contribution in [0.1, 0.15) is 0 Å². The Kier molecular flexibility index (Phi) is 2.70. The Labute approximate surface area is 95.7 Å². The van der Waals surface area contributed by atoms with Crippen LogP contribution in [0.2, 0.25) is 5.02 Å². The maximum Gasteiger partial charge on any atom is 0.222 e. The number of nitrogens with zero attached hydrogens (tertiary/aromatic N) is 1. The van der Waals surface area contributed by atoms with Gasteiger partial charge < -0.3 is 15.0 Å². The molecule has 16 heavy (non-hydrogen) atoms. The first-order chi connectivity index (χ1) is 7.63. The smallest absolute Gasteiger partial charge is 0.222 e. The average Bonchev–Trinajstić information content (AvgIpc) is 2.68. The zero-order valence-corrected chi connectivity index (χ0v) is 9.08. The van der Waals surface area contributed by atoms with Crippen LogP contribution >= 0.6 is 11.6 Å². The van der Waals surface area contributed by atoms with Crippen LogP contribution in [0, 0.1) is 5.82 Å². The van der Waals surface area contributed by atoms with Crippen molar-refractivity contribution in [3.05, 3.63) is 29.0 Å². The van der Waals surface area contributed by atoms with Crippen LogP contribution in [-0.2, 0) is 0 Å². The molecule has 2 rings (SSSR count). The number of benzene rings is 1. The monoisotopic (exact) mass is 242 g/mol. The number of hydrogen-bond donors (Lipinski definition) is 1. The Balaban J connectivity index is 2.61. The molecule has 4 nitrogen and oxygen atoms in total. The molecule has 0 saturated carbocycles. The van der Waals surface area contributed by atoms with Crippen LogP contribution in [0.4, 0.5) is 10.3 Å². The lowest BCUT2D eigenvalue weighted by Gasteiger charge is -2.07. The van der Waals surface area contributed by atoms with Crippen LogP contribution in [0.3, 0.4) is 0 Å². The van der Waals surface area contributed by atoms with Gasteiger partial charge in [-0.05, 0) is 12.1 Å². The van der Waals surface area contributed by atoms with Crippen molar-refractivity contribution in [1.82, 2.24) is 5.16 Å². The Hall–Kier alpha value is -1.75. The lowest BCUT2D eigenvalue weighted by Crippen LogP contribution is -1.93. The van der Waals surface area contributed by atoms with Crippen LogP contribution in [0.25, 0.3) is 11.3 Å². The van der Waals surface area contributed by atoms with E-state index in [1.54, 1.807) is 6.07 Å². The molecule has 0 aliphatic rings. The molecule has 0 unspecified atom stereocenters. The molecule has 0 aliphatic carbocycles. The van der Waals surface area contributed by atoms with Crippen LogP contribution in [-0.4, -0.2) is 12.3 Å². The number of aromatic nitrogens is 1. The second kappa shape index (κ2) is 4.02. The summed E-state index contributed by atoms with van der Waals surface area (Å²) in [5.41, 5.74) is 6.21. The minimum atomic E-state index is -0.636. The molecule has 1 aromatic carbocycles. The molecule has 1 aromatic heterocycles. The molecular weight excluding hydrogens is 235 g/mol. The Bertz CT molecular complexity index is 528. The summed E-state index contributed by atoms with van der Waals surface area (Å²) in [7, 11) is 1.35. The summed E-state index contributed by atoms with van der Waals surface area (Å²) in [5, 5.41) is 3.66. The van der Waals surface area contributed by atoms with Crippen molar-refractivity contribution in [2.45, 2.75) is 0 Å². The second-order valence-electron chi connectivity index (χ2n) is 3.06. The van der Waals surface area contributed by atoms with E-state index >= 15 is 0 Å². The van der Waals surface area contributed by atoms with Gasteiger partial charge in [-0.3, -0.25) is 0 Å². The number of methoxy groups -OCH3 is 1. The summed E-state index contributed by atoms with van der Waals surface area (Å²) in [6, 6.07) is 4.48. The molecule has 6 heteroatoms. The summed E-state index contributed by atoms with van der Waals surface area (Å²) in [6.07, 6.45) is 0. The predicted molar refractivity (Wildman–Crippen MR) is 57.9 cm³/mol. The van der Waals surface area contributed by atoms with Crippen LogP contribution in [0.5, 0.6) is 5.75 Å². The van der Waals surface area contributed by atoms with Gasteiger partial charge in [0.1, 0.15) is 5.69 Å². The summed E-state index contributed by atoms with van der Waals surface area (Å²) >= 11 is 5.63. The first-order valence-corrected chi connectivity index (χ1v) is 4.76. The van der Waals surface area contributed by atoms with Crippen molar-refractivity contribution in [2.75, 3.05) is 12.8 Å². The summed E-state index contributed by atoms with van der Waals surface area (Å²) in [5.74, 6) is -0.476. The first-order valence-electron chi connectivity index (χ1n) is 4.38. The van der Waals surface area contributed by atoms with Crippen LogP contribution < -0.4 is 10.5 Å². The fraction of sp³-hybridized carbons (Fsp3) is 0.100. The number of ether oxygens (including phenoxy) is 1. The maximum absolute atomic E-state index is 13.6. The highest BCUT2D eigenvalue weighted by Crippen LogP contribution is 2.35. The lowest BCUT2D eigenvalue weighted by atomic mass is 10.1. The van der Waals surface area contributed by atoms with E-state index in [-0.39, 0.29) is 16.7 Å². The van der Waals surface area contributed by atoms with E-state index in [0.717, 1.165) is 0 Å². The molecule has 2 N–H and O–H groups in total. The maximum atomic E-state index is 13.6. The van der Waals surface area contributed by atoms with Crippen molar-refractivity contribution < 1.29 is 13.7 Å². The molecule has 0 fully saturated rings. The molecule has 84 valence electrons. The number of anilines is 1. The summed E-state index contributed by atoms with van der Waals surface area (Å²) in [4.78, 5) is 0. The molecule has 0 spiro atoms. The third-order valence-corrected chi connectivity index (χ3v) is 2.35. The Morgan fingerprint density at radius 1 is 1.50 bits per heavy atom. The summed E-state index contributed by atoms with van der Waals surface area (Å²) in [6.45, 7) is 0. The van der Waals surface area contributed by atoms with E-state index < -0.39 is 5.82 Å². The van der Waals surface area contributed by atoms with Gasteiger partial charge in [-0.15, -0.1) is 0 Å². The highest BCUT2D eigenvalue weighted by Gasteiger charge is 2.16. The van der Waals surface area contributed by atoms with Gasteiger partial charge in [0.2, 0.25) is 5.88 Å². The third-order valence-electron chi connectivity index (χ3n) is 2.06. The highest BCUT2D eigenvalue weighted by molar-refractivity contribution is 6.31. The molecule has 0 bridgehead atoms. The van der Waals surface area contributed by atoms with Gasteiger partial charge in [-0.1, -0.05) is 16.8 Å². The van der Waals surface area contributed by atoms with Gasteiger partial charge in [0.25, 0.3) is 0 Å². The second-order valence-corrected chi connectivity index (χ2v) is 3.46. The molecule has 2 aromatic rings. The molecule has 0 saturated heterocycles. The lowest BCUT2D eigenvalue weighted by molar-refractivity contribution is 0.387. The van der Waals surface area contributed by atoms with E-state index in [0.29, 0.717) is 11.3 Å². The van der Waals surface area contributed by atoms with Gasteiger partial charge in [0.15, 0.2) is 11.6 Å². The Morgan fingerprint density at radius 3 is 2.81 bits per heavy atom. The summed E-state index contributed by atoms with van der Waals surface area (Å²) < 4.78 is 23.3. The fourth-order valence-corrected chi connectivity index (χ4v) is 1.50. The third kappa shape index (κ3) is 1.69. The van der Waals surface area contributed by atoms with Crippen LogP contribution in [0.15, 0.2) is 22.7 Å². The molecular formula is C10H8ClFN2O2. The number of hydrogen-bond acceptors (Lipinski definition) is 4. The van der Waals surface area contributed by atoms with Crippen molar-refractivity contribution in [3.8, 4) is 17.0 Å². The molecule has 0 aliphatic heterocycles. The number of rotatable bonds is 2. The predicted octanol–water partition coefficient (Wildman–Crippen LogP) is 2.72. The number of nitrogen functional groups attached to an aromatic ring is 1. The highest BCUT2D eigenvalue weighted by atomic mass is 35.5. The first kappa shape index (κ1) is 10.8. The molecule has 0 atom stereocenters. The fourth-order valence-electron chi connectivity index (χ4n) is 1.35. The van der Waals surface area contributed by atoms with E-state index in [4.69, 9.17) is 26.6 Å². The van der Waals surface area contributed by atoms with E-state index in [9.17, 15) is 4.39 Å². The number of halogens is 2.